The summed E-state index contributed by atoms with van der Waals surface area (Å²) in [4.78, 5) is 0. The van der Waals surface area contributed by atoms with Gasteiger partial charge in [0.2, 0.25) is 0 Å². The Kier molecular flexibility index (Phi) is 86.9. The SMILES string of the molecule is CC(C)OC1CCC(OC(C)C)CC1.CC(C)OCCOC(C)C.CC(C)OCCOc1cc(OCCOC(C)C)cc(OCCOC(C)C)c1.CC(C)OCCOc1ccc(C(C)(C)c2ccc(COC(C)C)cc2)cc1.CC(C)OCCOc1cccc(OCCOC(C)C)c1.CC(C)OCCOc1cocc1OCCOC(C)C.CCC(COC(C)C)OC(C)C.CCOCCOC(COC(C)C)OC(C)C. The Morgan fingerprint density at radius 3 is 0.834 bits per heavy atom. The molecule has 4 aromatic carbocycles. The molecular weight excluding hydrogens is 1850 g/mol. The predicted molar refractivity (Wildman–Crippen MR) is 585 cm³/mol. The normalized spacial score (nSPS) is 13.6. The standard InChI is InChI=1S/C24H34O3.C21H36O6.C16H26O4.C14H24O5.C12H26O4.C12H24O2.C10H22O2.C8H18O2/c1-18(2)25-15-16-26-23-13-11-22(12-14-23)24(5,6)21-9-7-20(8-10-21)17-27-19(3)4;1-16(2)22-7-10-25-19-13-20(26-11-8-23-17(3)4)15-21(14-19)27-12-9-24-18(5)6;1-13(2)17-8-10-19-15-6-5-7-16(12-15)20-11-9-18-14(3)4;1-11(2)16-5-7-18-13-9-15-10-14(13)19-8-6-17-12(3)4;1-6-13-7-8-14-12(16-11(4)5)9-15-10(2)3;1-9(2)13-11-5-7-12(8-6-11)14-10(3)4;1-6-10(12-9(4)5)7-11-8(2)3;1-7(2)9-5-6-10-8(3)4/h7-14,18-19H,15-17H2,1-6H3;13-18H,7-12H2,1-6H3;5-7,12-14H,8-11H2,1-4H3;9-12H,5-8H2,1-4H3;10-12H,6-9H2,1-5H3;9-12H,5-8H2,1-4H3;8-10H,6-7H2,1-5H3;7-8H,5-6H2,1-4H3. The van der Waals surface area contributed by atoms with Crippen molar-refractivity contribution in [2.75, 3.05) is 152 Å². The molecular formula is C117H210O28. The molecule has 0 amide bonds. The van der Waals surface area contributed by atoms with Crippen LogP contribution in [0.25, 0.3) is 0 Å². The molecule has 145 heavy (non-hydrogen) atoms. The van der Waals surface area contributed by atoms with Crippen LogP contribution >= 0.6 is 0 Å². The Balaban J connectivity index is 0. The van der Waals surface area contributed by atoms with Gasteiger partial charge in [0.1, 0.15) is 99.9 Å². The first kappa shape index (κ1) is 141. The minimum atomic E-state index is -0.303. The maximum atomic E-state index is 5.79. The Labute approximate surface area is 881 Å². The molecule has 1 aromatic heterocycles. The predicted octanol–water partition coefficient (Wildman–Crippen LogP) is 25.8. The van der Waals surface area contributed by atoms with Gasteiger partial charge in [-0.25, -0.2) is 0 Å². The summed E-state index contributed by atoms with van der Waals surface area (Å²) < 4.78 is 155. The lowest BCUT2D eigenvalue weighted by Gasteiger charge is -2.30. The molecule has 1 saturated carbocycles. The molecule has 1 fully saturated rings. The molecule has 0 radical (unpaired) electrons. The third-order valence-corrected chi connectivity index (χ3v) is 19.3. The van der Waals surface area contributed by atoms with Crippen molar-refractivity contribution in [3.05, 3.63) is 120 Å². The zero-order chi connectivity index (χ0) is 109. The van der Waals surface area contributed by atoms with Gasteiger partial charge >= 0.3 is 0 Å². The average Bonchev–Trinajstić information content (AvgIpc) is 1.24. The fraction of sp³-hybridized carbons (Fsp3) is 0.761. The van der Waals surface area contributed by atoms with Crippen LogP contribution in [0.4, 0.5) is 0 Å². The van der Waals surface area contributed by atoms with Crippen LogP contribution in [-0.2, 0) is 102 Å². The van der Waals surface area contributed by atoms with E-state index in [1.54, 1.807) is 0 Å². The monoisotopic (exact) mass is 2060 g/mol. The molecule has 28 heteroatoms. The van der Waals surface area contributed by atoms with Crippen molar-refractivity contribution in [1.82, 2.24) is 0 Å². The molecule has 0 spiro atoms. The highest BCUT2D eigenvalue weighted by atomic mass is 16.7. The lowest BCUT2D eigenvalue weighted by molar-refractivity contribution is -0.199. The van der Waals surface area contributed by atoms with Crippen LogP contribution in [0.5, 0.6) is 46.0 Å². The topological polar surface area (TPSA) is 262 Å². The van der Waals surface area contributed by atoms with E-state index in [0.717, 1.165) is 49.4 Å². The van der Waals surface area contributed by atoms with Gasteiger partial charge in [-0.1, -0.05) is 63.2 Å². The Morgan fingerprint density at radius 1 is 0.262 bits per heavy atom. The van der Waals surface area contributed by atoms with Crippen LogP contribution < -0.4 is 37.9 Å². The number of furan rings is 1. The third-order valence-electron chi connectivity index (χ3n) is 19.3. The molecule has 1 aliphatic rings. The lowest BCUT2D eigenvalue weighted by Crippen LogP contribution is -2.29. The zero-order valence-corrected chi connectivity index (χ0v) is 97.9. The lowest BCUT2D eigenvalue weighted by atomic mass is 9.78. The van der Waals surface area contributed by atoms with Crippen LogP contribution in [0, 0.1) is 0 Å². The van der Waals surface area contributed by atoms with Gasteiger partial charge in [0.25, 0.3) is 0 Å². The summed E-state index contributed by atoms with van der Waals surface area (Å²) in [5.74, 6) is 5.70. The molecule has 1 aliphatic carbocycles. The van der Waals surface area contributed by atoms with Crippen molar-refractivity contribution in [2.24, 2.45) is 0 Å². The quantitative estimate of drug-likeness (QED) is 0.0259. The van der Waals surface area contributed by atoms with Gasteiger partial charge in [-0.2, -0.15) is 0 Å². The van der Waals surface area contributed by atoms with Crippen molar-refractivity contribution in [2.45, 2.75) is 436 Å². The van der Waals surface area contributed by atoms with Gasteiger partial charge in [0.05, 0.1) is 221 Å². The van der Waals surface area contributed by atoms with E-state index >= 15 is 0 Å². The van der Waals surface area contributed by atoms with Crippen LogP contribution in [0.3, 0.4) is 0 Å². The van der Waals surface area contributed by atoms with Crippen LogP contribution in [0.2, 0.25) is 0 Å². The van der Waals surface area contributed by atoms with E-state index in [0.29, 0.717) is 236 Å². The summed E-state index contributed by atoms with van der Waals surface area (Å²) in [7, 11) is 0. The molecule has 6 rings (SSSR count). The maximum Gasteiger partial charge on any atom is 0.199 e. The summed E-state index contributed by atoms with van der Waals surface area (Å²) in [5.41, 5.74) is 3.68. The van der Waals surface area contributed by atoms with E-state index < -0.39 is 0 Å². The molecule has 1 heterocycles. The second kappa shape index (κ2) is 89.4. The van der Waals surface area contributed by atoms with Crippen molar-refractivity contribution in [3.63, 3.8) is 0 Å². The third kappa shape index (κ3) is 88.1. The van der Waals surface area contributed by atoms with Gasteiger partial charge in [0, 0.05) is 36.3 Å². The van der Waals surface area contributed by atoms with E-state index in [2.05, 4.69) is 113 Å². The smallest absolute Gasteiger partial charge is 0.199 e. The van der Waals surface area contributed by atoms with Gasteiger partial charge in [-0.3, -0.25) is 0 Å². The fourth-order valence-corrected chi connectivity index (χ4v) is 12.5. The Hall–Kier alpha value is -6.20. The van der Waals surface area contributed by atoms with E-state index in [1.165, 1.54) is 29.2 Å². The number of hydrogen-bond acceptors (Lipinski definition) is 28. The summed E-state index contributed by atoms with van der Waals surface area (Å²) in [6.07, 6.45) is 13.8. The highest BCUT2D eigenvalue weighted by Crippen LogP contribution is 2.34. The van der Waals surface area contributed by atoms with E-state index in [9.17, 15) is 0 Å². The average molecular weight is 2060 g/mol. The number of rotatable bonds is 70. The molecule has 2 unspecified atom stereocenters. The maximum absolute atomic E-state index is 5.79. The van der Waals surface area contributed by atoms with Crippen LogP contribution in [0.15, 0.2) is 108 Å². The number of hydrogen-bond donors (Lipinski definition) is 0. The van der Waals surface area contributed by atoms with Crippen LogP contribution in [-0.4, -0.2) is 280 Å². The highest BCUT2D eigenvalue weighted by Gasteiger charge is 2.26. The first-order chi connectivity index (χ1) is 68.6. The second-order valence-corrected chi connectivity index (χ2v) is 39.8. The molecule has 0 aliphatic heterocycles. The Morgan fingerprint density at radius 2 is 0.538 bits per heavy atom. The Bertz CT molecular complexity index is 3450. The molecule has 846 valence electrons. The molecule has 2 atom stereocenters. The molecule has 0 saturated heterocycles. The largest absolute Gasteiger partial charge is 0.491 e. The molecule has 28 nitrogen and oxygen atoms in total. The number of benzene rings is 4. The molecule has 5 aromatic rings. The van der Waals surface area contributed by atoms with Crippen molar-refractivity contribution in [3.8, 4) is 46.0 Å². The summed E-state index contributed by atoms with van der Waals surface area (Å²) in [6, 6.07) is 30.3. The molecule has 0 N–H and O–H groups in total. The first-order valence-corrected chi connectivity index (χ1v) is 54.0. The van der Waals surface area contributed by atoms with Crippen molar-refractivity contribution < 1.29 is 132 Å². The van der Waals surface area contributed by atoms with E-state index in [1.807, 2.05) is 242 Å². The van der Waals surface area contributed by atoms with Crippen molar-refractivity contribution in [1.29, 1.82) is 0 Å². The number of ether oxygens (including phenoxy) is 27. The molecule has 0 bridgehead atoms. The fourth-order valence-electron chi connectivity index (χ4n) is 12.5. The van der Waals surface area contributed by atoms with Gasteiger partial charge in [0.15, 0.2) is 17.8 Å². The first-order valence-electron chi connectivity index (χ1n) is 54.0. The van der Waals surface area contributed by atoms with Crippen LogP contribution in [0.1, 0.15) is 312 Å². The minimum absolute atomic E-state index is 0.0727. The highest BCUT2D eigenvalue weighted by molar-refractivity contribution is 5.43. The summed E-state index contributed by atoms with van der Waals surface area (Å²) >= 11 is 0. The summed E-state index contributed by atoms with van der Waals surface area (Å²) in [5, 5.41) is 0. The van der Waals surface area contributed by atoms with Crippen molar-refractivity contribution >= 4 is 0 Å². The summed E-state index contributed by atoms with van der Waals surface area (Å²) in [6.45, 7) is 90.9. The van der Waals surface area contributed by atoms with Gasteiger partial charge in [-0.15, -0.1) is 0 Å². The van der Waals surface area contributed by atoms with Gasteiger partial charge in [-0.05, 0) is 315 Å². The second-order valence-electron chi connectivity index (χ2n) is 39.8. The van der Waals surface area contributed by atoms with Gasteiger partial charge < -0.3 is 132 Å². The minimum Gasteiger partial charge on any atom is -0.491 e. The van der Waals surface area contributed by atoms with E-state index in [4.69, 9.17) is 132 Å². The zero-order valence-electron chi connectivity index (χ0n) is 97.9. The van der Waals surface area contributed by atoms with E-state index in [-0.39, 0.29) is 85.0 Å².